The Morgan fingerprint density at radius 1 is 1.35 bits per heavy atom. The van der Waals surface area contributed by atoms with Gasteiger partial charge in [0.15, 0.2) is 5.82 Å². The molecule has 6 nitrogen and oxygen atoms in total. The van der Waals surface area contributed by atoms with Gasteiger partial charge in [-0.1, -0.05) is 0 Å². The van der Waals surface area contributed by atoms with Gasteiger partial charge in [-0.25, -0.2) is 4.79 Å². The Bertz CT molecular complexity index is 620. The third kappa shape index (κ3) is 1.92. The molecule has 6 heteroatoms. The molecule has 0 aliphatic rings. The van der Waals surface area contributed by atoms with E-state index in [4.69, 9.17) is 5.11 Å². The highest BCUT2D eigenvalue weighted by atomic mass is 16.4. The molecule has 0 saturated carbocycles. The van der Waals surface area contributed by atoms with E-state index in [9.17, 15) is 9.59 Å². The molecule has 0 bridgehead atoms. The standard InChI is InChI=1S/C11H9N3O3/c1-7-4-5-8(11(16)17)10(15)14(7)9-3-2-6-12-13-9/h2-6H,1H3,(H,16,17). The zero-order chi connectivity index (χ0) is 12.4. The fraction of sp³-hybridized carbons (Fsp3) is 0.0909. The lowest BCUT2D eigenvalue weighted by Crippen LogP contribution is -2.27. The van der Waals surface area contributed by atoms with Crippen LogP contribution in [0.2, 0.25) is 0 Å². The number of hydrogen-bond donors (Lipinski definition) is 1. The van der Waals surface area contributed by atoms with Gasteiger partial charge in [0, 0.05) is 11.9 Å². The molecule has 2 heterocycles. The minimum absolute atomic E-state index is 0.291. The Morgan fingerprint density at radius 3 is 2.71 bits per heavy atom. The van der Waals surface area contributed by atoms with Gasteiger partial charge in [0.1, 0.15) is 5.56 Å². The number of pyridine rings is 1. The van der Waals surface area contributed by atoms with Crippen molar-refractivity contribution in [3.63, 3.8) is 0 Å². The van der Waals surface area contributed by atoms with Crippen LogP contribution in [0, 0.1) is 6.92 Å². The van der Waals surface area contributed by atoms with Crippen LogP contribution in [-0.2, 0) is 0 Å². The fourth-order valence-electron chi connectivity index (χ4n) is 1.49. The van der Waals surface area contributed by atoms with E-state index >= 15 is 0 Å². The molecule has 0 aliphatic carbocycles. The summed E-state index contributed by atoms with van der Waals surface area (Å²) in [6.07, 6.45) is 1.48. The quantitative estimate of drug-likeness (QED) is 0.819. The lowest BCUT2D eigenvalue weighted by Gasteiger charge is -2.08. The maximum Gasteiger partial charge on any atom is 0.341 e. The second-order valence-electron chi connectivity index (χ2n) is 3.42. The van der Waals surface area contributed by atoms with Crippen molar-refractivity contribution in [3.8, 4) is 5.82 Å². The molecule has 0 fully saturated rings. The highest BCUT2D eigenvalue weighted by molar-refractivity contribution is 5.87. The first-order chi connectivity index (χ1) is 8.11. The minimum Gasteiger partial charge on any atom is -0.477 e. The van der Waals surface area contributed by atoms with Crippen molar-refractivity contribution in [3.05, 3.63) is 52.1 Å². The molecule has 0 spiro atoms. The van der Waals surface area contributed by atoms with Crippen molar-refractivity contribution in [1.29, 1.82) is 0 Å². The molecule has 0 radical (unpaired) electrons. The number of carboxylic acid groups (broad SMARTS) is 1. The van der Waals surface area contributed by atoms with Gasteiger partial charge in [0.25, 0.3) is 5.56 Å². The van der Waals surface area contributed by atoms with E-state index in [0.717, 1.165) is 0 Å². The minimum atomic E-state index is -1.26. The van der Waals surface area contributed by atoms with Crippen molar-refractivity contribution in [2.75, 3.05) is 0 Å². The Balaban J connectivity index is 2.74. The molecule has 2 aromatic heterocycles. The summed E-state index contributed by atoms with van der Waals surface area (Å²) in [6.45, 7) is 1.70. The Labute approximate surface area is 96.2 Å². The topological polar surface area (TPSA) is 85.1 Å². The van der Waals surface area contributed by atoms with Crippen LogP contribution in [-0.4, -0.2) is 25.8 Å². The average Bonchev–Trinajstić information content (AvgIpc) is 2.30. The molecule has 0 aromatic carbocycles. The number of aryl methyl sites for hydroxylation is 1. The van der Waals surface area contributed by atoms with E-state index in [1.54, 1.807) is 25.1 Å². The molecule has 0 saturated heterocycles. The molecule has 0 atom stereocenters. The molecule has 17 heavy (non-hydrogen) atoms. The summed E-state index contributed by atoms with van der Waals surface area (Å²) in [5.74, 6) is -0.953. The maximum atomic E-state index is 11.9. The van der Waals surface area contributed by atoms with Crippen molar-refractivity contribution in [2.45, 2.75) is 6.92 Å². The van der Waals surface area contributed by atoms with Gasteiger partial charge in [-0.15, -0.1) is 5.10 Å². The average molecular weight is 231 g/mol. The smallest absolute Gasteiger partial charge is 0.341 e. The highest BCUT2D eigenvalue weighted by Gasteiger charge is 2.13. The fourth-order valence-corrected chi connectivity index (χ4v) is 1.49. The molecule has 86 valence electrons. The summed E-state index contributed by atoms with van der Waals surface area (Å²) in [6, 6.07) is 6.06. The van der Waals surface area contributed by atoms with Crippen LogP contribution >= 0.6 is 0 Å². The van der Waals surface area contributed by atoms with Gasteiger partial charge in [-0.05, 0) is 31.2 Å². The number of nitrogens with zero attached hydrogens (tertiary/aromatic N) is 3. The van der Waals surface area contributed by atoms with Crippen LogP contribution in [0.1, 0.15) is 16.1 Å². The van der Waals surface area contributed by atoms with Crippen molar-refractivity contribution >= 4 is 5.97 Å². The zero-order valence-corrected chi connectivity index (χ0v) is 8.99. The molecule has 0 aliphatic heterocycles. The van der Waals surface area contributed by atoms with E-state index in [-0.39, 0.29) is 5.56 Å². The van der Waals surface area contributed by atoms with Crippen molar-refractivity contribution in [1.82, 2.24) is 14.8 Å². The second kappa shape index (κ2) is 4.17. The van der Waals surface area contributed by atoms with Crippen molar-refractivity contribution < 1.29 is 9.90 Å². The first kappa shape index (κ1) is 11.0. The Morgan fingerprint density at radius 2 is 2.12 bits per heavy atom. The Hall–Kier alpha value is -2.50. The maximum absolute atomic E-state index is 11.9. The summed E-state index contributed by atoms with van der Waals surface area (Å²) >= 11 is 0. The highest BCUT2D eigenvalue weighted by Crippen LogP contribution is 2.05. The van der Waals surface area contributed by atoms with E-state index in [0.29, 0.717) is 11.5 Å². The lowest BCUT2D eigenvalue weighted by atomic mass is 10.2. The van der Waals surface area contributed by atoms with Crippen molar-refractivity contribution in [2.24, 2.45) is 0 Å². The summed E-state index contributed by atoms with van der Waals surface area (Å²) in [7, 11) is 0. The molecule has 1 N–H and O–H groups in total. The van der Waals surface area contributed by atoms with Gasteiger partial charge in [-0.2, -0.15) is 5.10 Å². The normalized spacial score (nSPS) is 10.2. The third-order valence-corrected chi connectivity index (χ3v) is 2.30. The predicted octanol–water partition coefficient (Wildman–Crippen LogP) is 0.634. The SMILES string of the molecule is Cc1ccc(C(=O)O)c(=O)n1-c1cccnn1. The van der Waals surface area contributed by atoms with Crippen LogP contribution < -0.4 is 5.56 Å². The van der Waals surface area contributed by atoms with Gasteiger partial charge in [-0.3, -0.25) is 9.36 Å². The summed E-state index contributed by atoms with van der Waals surface area (Å²) < 4.78 is 1.22. The summed E-state index contributed by atoms with van der Waals surface area (Å²) in [5.41, 5.74) is -0.306. The number of hydrogen-bond acceptors (Lipinski definition) is 4. The van der Waals surface area contributed by atoms with Gasteiger partial charge in [0.2, 0.25) is 0 Å². The molecular weight excluding hydrogens is 222 g/mol. The van der Waals surface area contributed by atoms with Crippen LogP contribution in [0.5, 0.6) is 0 Å². The number of carboxylic acids is 1. The monoisotopic (exact) mass is 231 g/mol. The summed E-state index contributed by atoms with van der Waals surface area (Å²) in [4.78, 5) is 22.8. The summed E-state index contributed by atoms with van der Waals surface area (Å²) in [5, 5.41) is 16.3. The van der Waals surface area contributed by atoms with Gasteiger partial charge >= 0.3 is 5.97 Å². The van der Waals surface area contributed by atoms with Gasteiger partial charge in [0.05, 0.1) is 0 Å². The third-order valence-electron chi connectivity index (χ3n) is 2.30. The Kier molecular flexibility index (Phi) is 2.70. The zero-order valence-electron chi connectivity index (χ0n) is 8.99. The van der Waals surface area contributed by atoms with E-state index in [1.165, 1.54) is 16.8 Å². The molecule has 0 unspecified atom stereocenters. The van der Waals surface area contributed by atoms with Crippen LogP contribution in [0.25, 0.3) is 5.82 Å². The largest absolute Gasteiger partial charge is 0.477 e. The number of aromatic carboxylic acids is 1. The van der Waals surface area contributed by atoms with Crippen LogP contribution in [0.15, 0.2) is 35.3 Å². The number of carbonyl (C=O) groups is 1. The van der Waals surface area contributed by atoms with Gasteiger partial charge < -0.3 is 5.11 Å². The number of aromatic nitrogens is 3. The molecule has 2 rings (SSSR count). The first-order valence-electron chi connectivity index (χ1n) is 4.85. The van der Waals surface area contributed by atoms with E-state index < -0.39 is 11.5 Å². The first-order valence-corrected chi connectivity index (χ1v) is 4.85. The molecule has 0 amide bonds. The lowest BCUT2D eigenvalue weighted by molar-refractivity contribution is 0.0694. The van der Waals surface area contributed by atoms with Crippen LogP contribution in [0.4, 0.5) is 0 Å². The van der Waals surface area contributed by atoms with E-state index in [2.05, 4.69) is 10.2 Å². The molecule has 2 aromatic rings. The predicted molar refractivity (Wildman–Crippen MR) is 59.3 cm³/mol. The number of rotatable bonds is 2. The second-order valence-corrected chi connectivity index (χ2v) is 3.42. The van der Waals surface area contributed by atoms with Crippen LogP contribution in [0.3, 0.4) is 0 Å². The molecular formula is C11H9N3O3. The van der Waals surface area contributed by atoms with E-state index in [1.807, 2.05) is 0 Å².